The Labute approximate surface area is 145 Å². The summed E-state index contributed by atoms with van der Waals surface area (Å²) in [7, 11) is 0. The third kappa shape index (κ3) is 2.87. The van der Waals surface area contributed by atoms with Crippen LogP contribution in [0, 0.1) is 13.8 Å². The van der Waals surface area contributed by atoms with E-state index in [0.717, 1.165) is 16.1 Å². The van der Waals surface area contributed by atoms with Gasteiger partial charge in [0.15, 0.2) is 0 Å². The molecule has 128 valence electrons. The maximum Gasteiger partial charge on any atom is 0.344 e. The van der Waals surface area contributed by atoms with Crippen molar-refractivity contribution in [2.45, 2.75) is 26.3 Å². The fourth-order valence-corrected chi connectivity index (χ4v) is 2.76. The van der Waals surface area contributed by atoms with Crippen molar-refractivity contribution in [3.05, 3.63) is 70.8 Å². The van der Waals surface area contributed by atoms with Crippen molar-refractivity contribution in [2.75, 3.05) is 0 Å². The van der Waals surface area contributed by atoms with E-state index in [4.69, 9.17) is 0 Å². The Morgan fingerprint density at radius 2 is 1.72 bits per heavy atom. The standard InChI is InChI=1S/C19H19N3O3/c1-12-9-10-14(11-13(12)2)16(23)21-22-17(24)19(3,20-18(22)25)15-7-5-4-6-8-15/h4-11H,1-3H3,(H,20,25)(H,21,23). The van der Waals surface area contributed by atoms with Crippen LogP contribution in [-0.4, -0.2) is 22.9 Å². The van der Waals surface area contributed by atoms with Gasteiger partial charge in [-0.15, -0.1) is 0 Å². The number of aryl methyl sites for hydroxylation is 2. The van der Waals surface area contributed by atoms with Gasteiger partial charge in [0.2, 0.25) is 0 Å². The number of nitrogens with zero attached hydrogens (tertiary/aromatic N) is 1. The number of amides is 4. The number of benzene rings is 2. The van der Waals surface area contributed by atoms with Gasteiger partial charge in [-0.1, -0.05) is 36.4 Å². The lowest BCUT2D eigenvalue weighted by Gasteiger charge is -2.22. The topological polar surface area (TPSA) is 78.5 Å². The van der Waals surface area contributed by atoms with E-state index in [9.17, 15) is 14.4 Å². The zero-order valence-corrected chi connectivity index (χ0v) is 14.3. The second-order valence-electron chi connectivity index (χ2n) is 6.30. The maximum absolute atomic E-state index is 12.8. The summed E-state index contributed by atoms with van der Waals surface area (Å²) in [4.78, 5) is 37.4. The van der Waals surface area contributed by atoms with Gasteiger partial charge in [-0.2, -0.15) is 5.01 Å². The van der Waals surface area contributed by atoms with Crippen LogP contribution in [0.3, 0.4) is 0 Å². The summed E-state index contributed by atoms with van der Waals surface area (Å²) >= 11 is 0. The second kappa shape index (κ2) is 6.05. The Kier molecular flexibility index (Phi) is 4.04. The minimum atomic E-state index is -1.21. The van der Waals surface area contributed by atoms with Crippen molar-refractivity contribution in [3.63, 3.8) is 0 Å². The van der Waals surface area contributed by atoms with Gasteiger partial charge >= 0.3 is 6.03 Å². The molecule has 1 unspecified atom stereocenters. The molecule has 0 radical (unpaired) electrons. The van der Waals surface area contributed by atoms with Crippen molar-refractivity contribution in [1.82, 2.24) is 15.8 Å². The van der Waals surface area contributed by atoms with Gasteiger partial charge in [0.05, 0.1) is 0 Å². The van der Waals surface area contributed by atoms with Crippen LogP contribution in [0.15, 0.2) is 48.5 Å². The molecular weight excluding hydrogens is 318 g/mol. The van der Waals surface area contributed by atoms with Crippen molar-refractivity contribution in [3.8, 4) is 0 Å². The molecule has 2 aromatic rings. The number of urea groups is 1. The average molecular weight is 337 g/mol. The lowest BCUT2D eigenvalue weighted by Crippen LogP contribution is -2.47. The van der Waals surface area contributed by atoms with E-state index in [1.807, 2.05) is 26.0 Å². The summed E-state index contributed by atoms with van der Waals surface area (Å²) in [6.07, 6.45) is 0. The van der Waals surface area contributed by atoms with E-state index in [1.54, 1.807) is 43.3 Å². The summed E-state index contributed by atoms with van der Waals surface area (Å²) in [5, 5.41) is 3.39. The third-order valence-corrected chi connectivity index (χ3v) is 4.52. The van der Waals surface area contributed by atoms with Gasteiger partial charge in [0.25, 0.3) is 11.8 Å². The normalized spacial score (nSPS) is 19.7. The Morgan fingerprint density at radius 3 is 2.36 bits per heavy atom. The van der Waals surface area contributed by atoms with Gasteiger partial charge in [-0.25, -0.2) is 4.79 Å². The average Bonchev–Trinajstić information content (AvgIpc) is 2.82. The Bertz CT molecular complexity index is 863. The number of rotatable bonds is 3. The summed E-state index contributed by atoms with van der Waals surface area (Å²) < 4.78 is 0. The van der Waals surface area contributed by atoms with Gasteiger partial charge in [-0.3, -0.25) is 15.0 Å². The summed E-state index contributed by atoms with van der Waals surface area (Å²) in [5.74, 6) is -1.04. The lowest BCUT2D eigenvalue weighted by molar-refractivity contribution is -0.132. The van der Waals surface area contributed by atoms with Crippen LogP contribution < -0.4 is 10.7 Å². The van der Waals surface area contributed by atoms with Crippen LogP contribution in [0.5, 0.6) is 0 Å². The molecule has 1 fully saturated rings. The molecule has 1 saturated heterocycles. The zero-order valence-electron chi connectivity index (χ0n) is 14.3. The molecule has 0 aliphatic carbocycles. The van der Waals surface area contributed by atoms with Crippen LogP contribution in [0.4, 0.5) is 4.79 Å². The number of hydrogen-bond donors (Lipinski definition) is 2. The molecule has 6 nitrogen and oxygen atoms in total. The van der Waals surface area contributed by atoms with E-state index >= 15 is 0 Å². The first-order chi connectivity index (χ1) is 11.8. The predicted molar refractivity (Wildman–Crippen MR) is 92.6 cm³/mol. The van der Waals surface area contributed by atoms with Crippen LogP contribution in [0.1, 0.15) is 34.0 Å². The smallest absolute Gasteiger partial charge is 0.318 e. The Balaban J connectivity index is 1.83. The van der Waals surface area contributed by atoms with E-state index in [2.05, 4.69) is 10.7 Å². The van der Waals surface area contributed by atoms with E-state index < -0.39 is 23.4 Å². The minimum Gasteiger partial charge on any atom is -0.318 e. The van der Waals surface area contributed by atoms with Gasteiger partial charge in [0.1, 0.15) is 5.54 Å². The van der Waals surface area contributed by atoms with E-state index in [0.29, 0.717) is 11.1 Å². The summed E-state index contributed by atoms with van der Waals surface area (Å²) in [6.45, 7) is 5.46. The molecule has 0 aromatic heterocycles. The molecule has 1 aliphatic heterocycles. The van der Waals surface area contributed by atoms with Crippen LogP contribution in [-0.2, 0) is 10.3 Å². The number of carbonyl (C=O) groups excluding carboxylic acids is 3. The molecule has 1 aliphatic rings. The molecule has 3 rings (SSSR count). The van der Waals surface area contributed by atoms with Crippen LogP contribution >= 0.6 is 0 Å². The first kappa shape index (κ1) is 16.7. The molecule has 0 saturated carbocycles. The van der Waals surface area contributed by atoms with Crippen LogP contribution in [0.25, 0.3) is 0 Å². The monoisotopic (exact) mass is 337 g/mol. The molecule has 1 heterocycles. The fourth-order valence-electron chi connectivity index (χ4n) is 2.76. The highest BCUT2D eigenvalue weighted by molar-refractivity contribution is 6.09. The lowest BCUT2D eigenvalue weighted by atomic mass is 9.92. The molecule has 4 amide bonds. The number of hydrazine groups is 1. The largest absolute Gasteiger partial charge is 0.344 e. The number of imide groups is 1. The van der Waals surface area contributed by atoms with Gasteiger partial charge < -0.3 is 5.32 Å². The SMILES string of the molecule is Cc1ccc(C(=O)NN2C(=O)NC(C)(c3ccccc3)C2=O)cc1C. The molecule has 1 atom stereocenters. The first-order valence-electron chi connectivity index (χ1n) is 7.93. The first-order valence-corrected chi connectivity index (χ1v) is 7.93. The highest BCUT2D eigenvalue weighted by Crippen LogP contribution is 2.27. The maximum atomic E-state index is 12.8. The minimum absolute atomic E-state index is 0.386. The van der Waals surface area contributed by atoms with Crippen LogP contribution in [0.2, 0.25) is 0 Å². The molecule has 2 aromatic carbocycles. The summed E-state index contributed by atoms with van der Waals surface area (Å²) in [6, 6.07) is 13.5. The van der Waals surface area contributed by atoms with Crippen molar-refractivity contribution < 1.29 is 14.4 Å². The number of nitrogens with one attached hydrogen (secondary N) is 2. The van der Waals surface area contributed by atoms with E-state index in [1.165, 1.54) is 0 Å². The highest BCUT2D eigenvalue weighted by Gasteiger charge is 2.50. The molecule has 0 spiro atoms. The van der Waals surface area contributed by atoms with Crippen molar-refractivity contribution >= 4 is 17.8 Å². The van der Waals surface area contributed by atoms with Gasteiger partial charge in [0, 0.05) is 5.56 Å². The fraction of sp³-hybridized carbons (Fsp3) is 0.211. The molecule has 2 N–H and O–H groups in total. The van der Waals surface area contributed by atoms with E-state index in [-0.39, 0.29) is 0 Å². The zero-order chi connectivity index (χ0) is 18.2. The molecule has 25 heavy (non-hydrogen) atoms. The second-order valence-corrected chi connectivity index (χ2v) is 6.30. The Morgan fingerprint density at radius 1 is 1.04 bits per heavy atom. The van der Waals surface area contributed by atoms with Gasteiger partial charge in [-0.05, 0) is 49.6 Å². The number of hydrogen-bond acceptors (Lipinski definition) is 3. The molecule has 6 heteroatoms. The van der Waals surface area contributed by atoms with Crippen molar-refractivity contribution in [2.24, 2.45) is 0 Å². The summed E-state index contributed by atoms with van der Waals surface area (Å²) in [5.41, 5.74) is 4.24. The molecular formula is C19H19N3O3. The predicted octanol–water partition coefficient (Wildman–Crippen LogP) is 2.42. The molecule has 0 bridgehead atoms. The third-order valence-electron chi connectivity index (χ3n) is 4.52. The quantitative estimate of drug-likeness (QED) is 0.844. The van der Waals surface area contributed by atoms with Crippen molar-refractivity contribution in [1.29, 1.82) is 0 Å². The highest BCUT2D eigenvalue weighted by atomic mass is 16.2. The Hall–Kier alpha value is -3.15. The number of carbonyl (C=O) groups is 3.